The number of nitrogens with one attached hydrogen (secondary N) is 1. The quantitative estimate of drug-likeness (QED) is 0.566. The van der Waals surface area contributed by atoms with Crippen LogP contribution in [-0.2, 0) is 9.59 Å². The summed E-state index contributed by atoms with van der Waals surface area (Å²) in [4.78, 5) is 22.7. The van der Waals surface area contributed by atoms with Gasteiger partial charge in [0.25, 0.3) is 0 Å². The van der Waals surface area contributed by atoms with Gasteiger partial charge >= 0.3 is 5.97 Å². The van der Waals surface area contributed by atoms with Gasteiger partial charge < -0.3 is 16.2 Å². The van der Waals surface area contributed by atoms with Gasteiger partial charge in [-0.3, -0.25) is 9.59 Å². The number of hydrogen-bond acceptors (Lipinski definition) is 3. The highest BCUT2D eigenvalue weighted by molar-refractivity contribution is 5.79. The zero-order chi connectivity index (χ0) is 14.8. The molecule has 0 rings (SSSR count). The van der Waals surface area contributed by atoms with Crippen molar-refractivity contribution in [3.63, 3.8) is 0 Å². The minimum Gasteiger partial charge on any atom is -0.481 e. The Bertz CT molecular complexity index is 280. The van der Waals surface area contributed by atoms with Gasteiger partial charge in [-0.15, -0.1) is 0 Å². The number of carbonyl (C=O) groups excluding carboxylic acids is 1. The van der Waals surface area contributed by atoms with Crippen molar-refractivity contribution in [1.82, 2.24) is 5.32 Å². The summed E-state index contributed by atoms with van der Waals surface area (Å²) in [5, 5.41) is 11.6. The van der Waals surface area contributed by atoms with Crippen molar-refractivity contribution in [2.75, 3.05) is 0 Å². The molecule has 0 aliphatic carbocycles. The van der Waals surface area contributed by atoms with Crippen LogP contribution in [0.2, 0.25) is 0 Å². The van der Waals surface area contributed by atoms with Crippen molar-refractivity contribution in [3.05, 3.63) is 0 Å². The van der Waals surface area contributed by atoms with Gasteiger partial charge in [-0.2, -0.15) is 0 Å². The maximum Gasteiger partial charge on any atom is 0.305 e. The zero-order valence-corrected chi connectivity index (χ0v) is 12.3. The van der Waals surface area contributed by atoms with Crippen LogP contribution in [0.25, 0.3) is 0 Å². The molecule has 3 atom stereocenters. The fraction of sp³-hybridized carbons (Fsp3) is 0.857. The van der Waals surface area contributed by atoms with Crippen LogP contribution in [0.3, 0.4) is 0 Å². The molecular formula is C14H28N2O3. The van der Waals surface area contributed by atoms with Gasteiger partial charge in [0.05, 0.1) is 6.42 Å². The summed E-state index contributed by atoms with van der Waals surface area (Å²) >= 11 is 0. The third-order valence-corrected chi connectivity index (χ3v) is 3.15. The Hall–Kier alpha value is -1.10. The average molecular weight is 272 g/mol. The maximum atomic E-state index is 12.0. The van der Waals surface area contributed by atoms with Crippen molar-refractivity contribution in [1.29, 1.82) is 0 Å². The number of carboxylic acid groups (broad SMARTS) is 1. The topological polar surface area (TPSA) is 92.4 Å². The van der Waals surface area contributed by atoms with E-state index in [2.05, 4.69) is 5.32 Å². The molecule has 0 fully saturated rings. The number of aliphatic carboxylic acids is 1. The second kappa shape index (κ2) is 9.78. The summed E-state index contributed by atoms with van der Waals surface area (Å²) in [6.45, 7) is 5.81. The number of carboxylic acids is 1. The molecule has 3 unspecified atom stereocenters. The van der Waals surface area contributed by atoms with Crippen LogP contribution in [0, 0.1) is 5.92 Å². The minimum absolute atomic E-state index is 0.00780. The lowest BCUT2D eigenvalue weighted by atomic mass is 10.00. The highest BCUT2D eigenvalue weighted by atomic mass is 16.4. The average Bonchev–Trinajstić information content (AvgIpc) is 2.27. The molecule has 0 aromatic heterocycles. The normalized spacial score (nSPS) is 15.6. The molecule has 0 spiro atoms. The molecule has 0 saturated carbocycles. The highest BCUT2D eigenvalue weighted by Gasteiger charge is 2.19. The molecule has 0 aliphatic rings. The predicted octanol–water partition coefficient (Wildman–Crippen LogP) is 1.90. The molecule has 0 radical (unpaired) electrons. The van der Waals surface area contributed by atoms with Crippen LogP contribution in [0.5, 0.6) is 0 Å². The Morgan fingerprint density at radius 2 is 1.84 bits per heavy atom. The Kier molecular flexibility index (Phi) is 9.21. The van der Waals surface area contributed by atoms with Crippen LogP contribution >= 0.6 is 0 Å². The van der Waals surface area contributed by atoms with Crippen LogP contribution < -0.4 is 11.1 Å². The molecule has 1 amide bonds. The molecule has 5 nitrogen and oxygen atoms in total. The van der Waals surface area contributed by atoms with E-state index in [0.29, 0.717) is 6.42 Å². The summed E-state index contributed by atoms with van der Waals surface area (Å²) in [6, 6.07) is -0.0963. The number of rotatable bonds is 10. The van der Waals surface area contributed by atoms with E-state index in [1.165, 1.54) is 0 Å². The van der Waals surface area contributed by atoms with Gasteiger partial charge in [0.2, 0.25) is 5.91 Å². The van der Waals surface area contributed by atoms with E-state index >= 15 is 0 Å². The monoisotopic (exact) mass is 272 g/mol. The second-order valence-electron chi connectivity index (χ2n) is 5.40. The lowest BCUT2D eigenvalue weighted by Crippen LogP contribution is -2.39. The van der Waals surface area contributed by atoms with E-state index in [9.17, 15) is 9.59 Å². The zero-order valence-electron chi connectivity index (χ0n) is 12.3. The summed E-state index contributed by atoms with van der Waals surface area (Å²) in [7, 11) is 0. The lowest BCUT2D eigenvalue weighted by Gasteiger charge is -2.19. The molecule has 0 saturated heterocycles. The molecule has 4 N–H and O–H groups in total. The van der Waals surface area contributed by atoms with Gasteiger partial charge in [0.15, 0.2) is 0 Å². The van der Waals surface area contributed by atoms with E-state index < -0.39 is 5.97 Å². The molecule has 0 aliphatic heterocycles. The van der Waals surface area contributed by atoms with E-state index in [-0.39, 0.29) is 30.3 Å². The third kappa shape index (κ3) is 9.47. The number of nitrogens with two attached hydrogens (primary N) is 1. The van der Waals surface area contributed by atoms with Crippen LogP contribution in [0.15, 0.2) is 0 Å². The maximum absolute atomic E-state index is 12.0. The number of hydrogen-bond donors (Lipinski definition) is 3. The molecule has 0 aromatic carbocycles. The molecule has 0 aromatic rings. The molecule has 19 heavy (non-hydrogen) atoms. The summed E-state index contributed by atoms with van der Waals surface area (Å²) < 4.78 is 0. The third-order valence-electron chi connectivity index (χ3n) is 3.15. The first-order valence-electron chi connectivity index (χ1n) is 7.14. The Labute approximate surface area is 115 Å². The Balaban J connectivity index is 4.11. The van der Waals surface area contributed by atoms with E-state index in [1.54, 1.807) is 0 Å². The summed E-state index contributed by atoms with van der Waals surface area (Å²) in [6.07, 6.45) is 4.17. The number of carbonyl (C=O) groups is 2. The van der Waals surface area contributed by atoms with Crippen LogP contribution in [-0.4, -0.2) is 29.1 Å². The van der Waals surface area contributed by atoms with Crippen LogP contribution in [0.1, 0.15) is 59.3 Å². The summed E-state index contributed by atoms with van der Waals surface area (Å²) in [5.74, 6) is -1.01. The van der Waals surface area contributed by atoms with E-state index in [4.69, 9.17) is 10.8 Å². The van der Waals surface area contributed by atoms with Crippen molar-refractivity contribution in [3.8, 4) is 0 Å². The summed E-state index contributed by atoms with van der Waals surface area (Å²) in [5.41, 5.74) is 5.66. The van der Waals surface area contributed by atoms with Crippen molar-refractivity contribution in [2.24, 2.45) is 11.7 Å². The fourth-order valence-corrected chi connectivity index (χ4v) is 2.01. The van der Waals surface area contributed by atoms with Gasteiger partial charge in [-0.25, -0.2) is 0 Å². The number of amides is 1. The van der Waals surface area contributed by atoms with Gasteiger partial charge in [-0.05, 0) is 26.2 Å². The molecular weight excluding hydrogens is 244 g/mol. The second-order valence-corrected chi connectivity index (χ2v) is 5.40. The molecule has 5 heteroatoms. The van der Waals surface area contributed by atoms with Gasteiger partial charge in [-0.1, -0.05) is 26.7 Å². The van der Waals surface area contributed by atoms with Crippen LogP contribution in [0.4, 0.5) is 0 Å². The predicted molar refractivity (Wildman–Crippen MR) is 75.8 cm³/mol. The highest BCUT2D eigenvalue weighted by Crippen LogP contribution is 2.11. The molecule has 0 heterocycles. The van der Waals surface area contributed by atoms with Crippen molar-refractivity contribution >= 4 is 11.9 Å². The fourth-order valence-electron chi connectivity index (χ4n) is 2.01. The Morgan fingerprint density at radius 1 is 1.21 bits per heavy atom. The Morgan fingerprint density at radius 3 is 2.32 bits per heavy atom. The minimum atomic E-state index is -0.872. The van der Waals surface area contributed by atoms with E-state index in [1.807, 2.05) is 20.8 Å². The largest absolute Gasteiger partial charge is 0.481 e. The van der Waals surface area contributed by atoms with Crippen molar-refractivity contribution in [2.45, 2.75) is 71.4 Å². The first-order valence-corrected chi connectivity index (χ1v) is 7.14. The van der Waals surface area contributed by atoms with Gasteiger partial charge in [0, 0.05) is 18.0 Å². The first-order chi connectivity index (χ1) is 8.86. The standard InChI is InChI=1S/C14H28N2O3/c1-4-6-12(9-13(17)18)16-14(19)10(2)7-5-8-11(3)15/h10-12H,4-9,15H2,1-3H3,(H,16,19)(H,17,18). The van der Waals surface area contributed by atoms with Gasteiger partial charge in [0.1, 0.15) is 0 Å². The SMILES string of the molecule is CCCC(CC(=O)O)NC(=O)C(C)CCCC(C)N. The molecule has 0 bridgehead atoms. The lowest BCUT2D eigenvalue weighted by molar-refractivity contribution is -0.137. The van der Waals surface area contributed by atoms with E-state index in [0.717, 1.165) is 25.7 Å². The molecule has 112 valence electrons. The van der Waals surface area contributed by atoms with Crippen molar-refractivity contribution < 1.29 is 14.7 Å². The first kappa shape index (κ1) is 17.9. The smallest absolute Gasteiger partial charge is 0.305 e.